The lowest BCUT2D eigenvalue weighted by Crippen LogP contribution is -2.46. The number of amides is 1. The van der Waals surface area contributed by atoms with E-state index in [9.17, 15) is 9.59 Å². The van der Waals surface area contributed by atoms with E-state index in [0.717, 1.165) is 42.4 Å². The number of anilines is 1. The van der Waals surface area contributed by atoms with E-state index >= 15 is 0 Å². The summed E-state index contributed by atoms with van der Waals surface area (Å²) in [6.45, 7) is 3.22. The fraction of sp³-hybridized carbons (Fsp3) is 0.333. The predicted molar refractivity (Wildman–Crippen MR) is 111 cm³/mol. The number of hydrogen-bond donors (Lipinski definition) is 1. The second-order valence-corrected chi connectivity index (χ2v) is 8.41. The van der Waals surface area contributed by atoms with Crippen LogP contribution in [-0.4, -0.2) is 43.2 Å². The number of nitrogens with one attached hydrogen (secondary N) is 1. The number of morpholine rings is 1. The van der Waals surface area contributed by atoms with Crippen LogP contribution in [0.5, 0.6) is 0 Å². The Morgan fingerprint density at radius 1 is 1.04 bits per heavy atom. The molecule has 0 spiro atoms. The average molecular weight is 417 g/mol. The molecular weight excluding hydrogens is 396 g/mol. The zero-order valence-corrected chi connectivity index (χ0v) is 16.8. The van der Waals surface area contributed by atoms with Crippen molar-refractivity contribution in [2.45, 2.75) is 22.6 Å². The molecule has 1 amide bonds. The van der Waals surface area contributed by atoms with E-state index in [1.165, 1.54) is 11.8 Å². The van der Waals surface area contributed by atoms with Crippen LogP contribution in [-0.2, 0) is 14.3 Å². The summed E-state index contributed by atoms with van der Waals surface area (Å²) in [5, 5.41) is 2.78. The summed E-state index contributed by atoms with van der Waals surface area (Å²) in [4.78, 5) is 28.3. The van der Waals surface area contributed by atoms with E-state index in [1.54, 1.807) is 6.07 Å². The normalized spacial score (nSPS) is 22.8. The van der Waals surface area contributed by atoms with Crippen molar-refractivity contribution in [1.29, 1.82) is 0 Å². The number of carbonyl (C=O) groups is 2. The highest BCUT2D eigenvalue weighted by Crippen LogP contribution is 2.35. The van der Waals surface area contributed by atoms with Gasteiger partial charge >= 0.3 is 0 Å². The number of nitrogens with zero attached hydrogens (tertiary/aromatic N) is 1. The second kappa shape index (κ2) is 8.55. The smallest absolute Gasteiger partial charge is 0.241 e. The molecule has 2 saturated heterocycles. The molecule has 2 aliphatic rings. The van der Waals surface area contributed by atoms with E-state index in [1.807, 2.05) is 42.5 Å². The molecule has 0 bridgehead atoms. The number of ketones is 1. The minimum Gasteiger partial charge on any atom is -0.378 e. The first-order chi connectivity index (χ1) is 13.6. The summed E-state index contributed by atoms with van der Waals surface area (Å²) >= 11 is 7.38. The van der Waals surface area contributed by atoms with Crippen LogP contribution in [0.15, 0.2) is 53.4 Å². The van der Waals surface area contributed by atoms with Crippen LogP contribution in [0, 0.1) is 0 Å². The van der Waals surface area contributed by atoms with Crippen molar-refractivity contribution in [3.8, 4) is 0 Å². The Balaban J connectivity index is 1.43. The number of rotatable bonds is 4. The average Bonchev–Trinajstić information content (AvgIpc) is 2.72. The van der Waals surface area contributed by atoms with Gasteiger partial charge in [-0.05, 0) is 29.8 Å². The molecule has 2 aromatic rings. The van der Waals surface area contributed by atoms with Gasteiger partial charge in [0.15, 0.2) is 5.78 Å². The third-order valence-corrected chi connectivity index (χ3v) is 6.77. The van der Waals surface area contributed by atoms with Crippen LogP contribution in [0.1, 0.15) is 18.0 Å². The lowest BCUT2D eigenvalue weighted by molar-refractivity contribution is -0.131. The highest BCUT2D eigenvalue weighted by molar-refractivity contribution is 8.01. The van der Waals surface area contributed by atoms with Crippen LogP contribution < -0.4 is 10.2 Å². The Hall–Kier alpha value is -2.02. The molecule has 0 saturated carbocycles. The number of benzene rings is 2. The number of piperidine rings is 1. The largest absolute Gasteiger partial charge is 0.378 e. The Kier molecular flexibility index (Phi) is 5.90. The van der Waals surface area contributed by atoms with Gasteiger partial charge in [-0.25, -0.2) is 0 Å². The Morgan fingerprint density at radius 3 is 2.43 bits per heavy atom. The van der Waals surface area contributed by atoms with Crippen molar-refractivity contribution in [2.24, 2.45) is 0 Å². The zero-order chi connectivity index (χ0) is 19.5. The van der Waals surface area contributed by atoms with Crippen molar-refractivity contribution >= 4 is 40.7 Å². The molecule has 146 valence electrons. The van der Waals surface area contributed by atoms with Crippen molar-refractivity contribution < 1.29 is 14.3 Å². The van der Waals surface area contributed by atoms with Crippen molar-refractivity contribution in [1.82, 2.24) is 5.32 Å². The lowest BCUT2D eigenvalue weighted by atomic mass is 9.95. The predicted octanol–water partition coefficient (Wildman–Crippen LogP) is 3.47. The molecule has 4 rings (SSSR count). The Labute approximate surface area is 173 Å². The maximum absolute atomic E-state index is 12.7. The standard InChI is InChI=1S/C21H21ClN2O3S/c22-16-3-1-2-4-19(16)28-20-18(25)13-17(23-21(20)26)14-5-7-15(8-6-14)24-9-11-27-12-10-24/h1-8,17,20H,9-13H2,(H,23,26). The van der Waals surface area contributed by atoms with Gasteiger partial charge in [-0.2, -0.15) is 0 Å². The molecule has 0 aromatic heterocycles. The molecule has 2 heterocycles. The number of halogens is 1. The van der Waals surface area contributed by atoms with Crippen LogP contribution in [0.3, 0.4) is 0 Å². The molecule has 1 N–H and O–H groups in total. The van der Waals surface area contributed by atoms with Crippen molar-refractivity contribution in [3.05, 3.63) is 59.1 Å². The quantitative estimate of drug-likeness (QED) is 0.773. The van der Waals surface area contributed by atoms with Gasteiger partial charge in [-0.1, -0.05) is 35.9 Å². The molecule has 0 radical (unpaired) electrons. The molecule has 28 heavy (non-hydrogen) atoms. The summed E-state index contributed by atoms with van der Waals surface area (Å²) in [6.07, 6.45) is 0.283. The summed E-state index contributed by atoms with van der Waals surface area (Å²) in [7, 11) is 0. The molecule has 2 unspecified atom stereocenters. The molecule has 0 aliphatic carbocycles. The number of carbonyl (C=O) groups excluding carboxylic acids is 2. The van der Waals surface area contributed by atoms with E-state index in [2.05, 4.69) is 10.2 Å². The van der Waals surface area contributed by atoms with Crippen LogP contribution in [0.25, 0.3) is 0 Å². The first-order valence-corrected chi connectivity index (χ1v) is 10.5. The van der Waals surface area contributed by atoms with E-state index < -0.39 is 5.25 Å². The van der Waals surface area contributed by atoms with Gasteiger partial charge in [0, 0.05) is 30.1 Å². The topological polar surface area (TPSA) is 58.6 Å². The second-order valence-electron chi connectivity index (χ2n) is 6.85. The molecule has 2 aromatic carbocycles. The number of Topliss-reactive ketones (excluding diaryl/α,β-unsaturated/α-hetero) is 1. The van der Waals surface area contributed by atoms with Gasteiger partial charge in [-0.3, -0.25) is 9.59 Å². The summed E-state index contributed by atoms with van der Waals surface area (Å²) < 4.78 is 5.39. The molecular formula is C21H21ClN2O3S. The first-order valence-electron chi connectivity index (χ1n) is 9.29. The van der Waals surface area contributed by atoms with Gasteiger partial charge in [0.05, 0.1) is 24.3 Å². The maximum Gasteiger partial charge on any atom is 0.241 e. The third-order valence-electron chi connectivity index (χ3n) is 5.01. The molecule has 2 atom stereocenters. The summed E-state index contributed by atoms with van der Waals surface area (Å²) in [6, 6.07) is 15.0. The van der Waals surface area contributed by atoms with Gasteiger partial charge in [0.2, 0.25) is 5.91 Å². The summed E-state index contributed by atoms with van der Waals surface area (Å²) in [5.41, 5.74) is 2.08. The van der Waals surface area contributed by atoms with Crippen LogP contribution >= 0.6 is 23.4 Å². The number of hydrogen-bond acceptors (Lipinski definition) is 5. The fourth-order valence-corrected chi connectivity index (χ4v) is 4.74. The van der Waals surface area contributed by atoms with Gasteiger partial charge in [0.25, 0.3) is 0 Å². The van der Waals surface area contributed by atoms with Gasteiger partial charge in [-0.15, -0.1) is 11.8 Å². The van der Waals surface area contributed by atoms with Gasteiger partial charge in [0.1, 0.15) is 5.25 Å². The molecule has 2 aliphatic heterocycles. The zero-order valence-electron chi connectivity index (χ0n) is 15.3. The SMILES string of the molecule is O=C1CC(c2ccc(N3CCOCC3)cc2)NC(=O)C1Sc1ccccc1Cl. The highest BCUT2D eigenvalue weighted by Gasteiger charge is 2.36. The molecule has 7 heteroatoms. The van der Waals surface area contributed by atoms with Crippen LogP contribution in [0.2, 0.25) is 5.02 Å². The molecule has 2 fully saturated rings. The maximum atomic E-state index is 12.7. The first kappa shape index (κ1) is 19.3. The molecule has 5 nitrogen and oxygen atoms in total. The van der Waals surface area contributed by atoms with Gasteiger partial charge < -0.3 is 15.0 Å². The Bertz CT molecular complexity index is 850. The number of ether oxygens (including phenoxy) is 1. The Morgan fingerprint density at radius 2 is 1.75 bits per heavy atom. The van der Waals surface area contributed by atoms with E-state index in [0.29, 0.717) is 5.02 Å². The number of thioether (sulfide) groups is 1. The minimum absolute atomic E-state index is 0.0732. The van der Waals surface area contributed by atoms with E-state index in [-0.39, 0.29) is 24.2 Å². The fourth-order valence-electron chi connectivity index (χ4n) is 3.48. The monoisotopic (exact) mass is 416 g/mol. The third kappa shape index (κ3) is 4.19. The van der Waals surface area contributed by atoms with Crippen LogP contribution in [0.4, 0.5) is 5.69 Å². The minimum atomic E-state index is -0.760. The van der Waals surface area contributed by atoms with Crippen molar-refractivity contribution in [3.63, 3.8) is 0 Å². The summed E-state index contributed by atoms with van der Waals surface area (Å²) in [5.74, 6) is -0.334. The lowest BCUT2D eigenvalue weighted by Gasteiger charge is -2.30. The van der Waals surface area contributed by atoms with Crippen molar-refractivity contribution in [2.75, 3.05) is 31.2 Å². The van der Waals surface area contributed by atoms with E-state index in [4.69, 9.17) is 16.3 Å². The highest BCUT2D eigenvalue weighted by atomic mass is 35.5.